The Morgan fingerprint density at radius 1 is 0.553 bits per heavy atom. The number of hydrogen-bond acceptors (Lipinski definition) is 2. The number of hydrazone groups is 1. The molecule has 0 aliphatic carbocycles. The van der Waals surface area contributed by atoms with Gasteiger partial charge in [0.05, 0.1) is 17.1 Å². The van der Waals surface area contributed by atoms with E-state index in [2.05, 4.69) is 151 Å². The quantitative estimate of drug-likeness (QED) is 0.178. The fourth-order valence-electron chi connectivity index (χ4n) is 5.48. The third-order valence-corrected chi connectivity index (χ3v) is 7.54. The highest BCUT2D eigenvalue weighted by atomic mass is 15.5. The summed E-state index contributed by atoms with van der Waals surface area (Å²) < 4.78 is 2.26. The molecule has 0 spiro atoms. The molecule has 0 unspecified atom stereocenters. The molecule has 38 heavy (non-hydrogen) atoms. The van der Waals surface area contributed by atoms with Gasteiger partial charge >= 0.3 is 0 Å². The van der Waals surface area contributed by atoms with Crippen molar-refractivity contribution in [2.75, 3.05) is 5.01 Å². The van der Waals surface area contributed by atoms with Gasteiger partial charge in [-0.3, -0.25) is 0 Å². The van der Waals surface area contributed by atoms with Crippen LogP contribution in [0, 0.1) is 0 Å². The number of nitrogens with zero attached hydrogens (tertiary/aromatic N) is 3. The maximum Gasteiger partial charge on any atom is 0.0659 e. The lowest BCUT2D eigenvalue weighted by Gasteiger charge is -2.22. The van der Waals surface area contributed by atoms with Crippen LogP contribution in [0.1, 0.15) is 12.5 Å². The molecule has 182 valence electrons. The Hall–Kier alpha value is -4.89. The first-order chi connectivity index (χ1) is 18.7. The van der Waals surface area contributed by atoms with Crippen LogP contribution < -0.4 is 5.01 Å². The van der Waals surface area contributed by atoms with Gasteiger partial charge in [-0.15, -0.1) is 0 Å². The first kappa shape index (κ1) is 22.3. The number of benzene rings is 6. The molecule has 3 nitrogen and oxygen atoms in total. The van der Waals surface area contributed by atoms with E-state index in [0.29, 0.717) is 0 Å². The molecule has 6 aromatic carbocycles. The molecule has 0 aliphatic heterocycles. The minimum Gasteiger partial charge on any atom is -0.344 e. The van der Waals surface area contributed by atoms with Crippen LogP contribution in [-0.4, -0.2) is 10.3 Å². The van der Waals surface area contributed by atoms with E-state index < -0.39 is 0 Å². The molecule has 1 heterocycles. The second-order valence-electron chi connectivity index (χ2n) is 9.87. The summed E-state index contributed by atoms with van der Waals surface area (Å²) in [6.45, 7) is 2.10. The highest BCUT2D eigenvalue weighted by molar-refractivity contribution is 6.11. The lowest BCUT2D eigenvalue weighted by atomic mass is 10.1. The van der Waals surface area contributed by atoms with Gasteiger partial charge in [0.15, 0.2) is 0 Å². The molecule has 0 radical (unpaired) electrons. The molecule has 0 N–H and O–H groups in total. The fraction of sp³-hybridized carbons (Fsp3) is 0.0571. The molecule has 7 rings (SSSR count). The second-order valence-corrected chi connectivity index (χ2v) is 9.87. The maximum atomic E-state index is 5.24. The Morgan fingerprint density at radius 3 is 1.76 bits per heavy atom. The topological polar surface area (TPSA) is 20.5 Å². The van der Waals surface area contributed by atoms with Gasteiger partial charge in [0.2, 0.25) is 0 Å². The van der Waals surface area contributed by atoms with Crippen LogP contribution in [0.5, 0.6) is 0 Å². The van der Waals surface area contributed by atoms with Gasteiger partial charge in [-0.2, -0.15) is 5.10 Å². The molecule has 0 atom stereocenters. The SMILES string of the molecule is C/C(=N\N(c1ccc2ccccc2c1)c1ccc2ccccc2c1)c1ccc2c(c1)c1ccccc1n2C. The lowest BCUT2D eigenvalue weighted by molar-refractivity contribution is 1.01. The zero-order valence-electron chi connectivity index (χ0n) is 21.5. The predicted octanol–water partition coefficient (Wildman–Crippen LogP) is 9.20. The van der Waals surface area contributed by atoms with E-state index in [1.165, 1.54) is 43.4 Å². The van der Waals surface area contributed by atoms with Crippen LogP contribution in [0.4, 0.5) is 11.4 Å². The molecule has 0 saturated heterocycles. The summed E-state index contributed by atoms with van der Waals surface area (Å²) in [5.41, 5.74) is 6.60. The predicted molar refractivity (Wildman–Crippen MR) is 163 cm³/mol. The first-order valence-corrected chi connectivity index (χ1v) is 13.0. The van der Waals surface area contributed by atoms with Crippen molar-refractivity contribution in [3.63, 3.8) is 0 Å². The fourth-order valence-corrected chi connectivity index (χ4v) is 5.48. The third-order valence-electron chi connectivity index (χ3n) is 7.54. The van der Waals surface area contributed by atoms with Crippen LogP contribution >= 0.6 is 0 Å². The molecule has 0 amide bonds. The Morgan fingerprint density at radius 2 is 1.11 bits per heavy atom. The Labute approximate surface area is 221 Å². The Kier molecular flexibility index (Phi) is 5.22. The number of hydrogen-bond donors (Lipinski definition) is 0. The Bertz CT molecular complexity index is 1930. The van der Waals surface area contributed by atoms with E-state index in [9.17, 15) is 0 Å². The van der Waals surface area contributed by atoms with Gasteiger partial charge in [-0.25, -0.2) is 5.01 Å². The van der Waals surface area contributed by atoms with Crippen LogP contribution in [0.25, 0.3) is 43.4 Å². The van der Waals surface area contributed by atoms with Crippen molar-refractivity contribution in [1.82, 2.24) is 4.57 Å². The number of rotatable bonds is 4. The number of aryl methyl sites for hydroxylation is 1. The molecule has 7 aromatic rings. The molecule has 0 bridgehead atoms. The van der Waals surface area contributed by atoms with Gasteiger partial charge in [0.25, 0.3) is 0 Å². The minimum absolute atomic E-state index is 0.959. The average Bonchev–Trinajstić information content (AvgIpc) is 3.26. The summed E-state index contributed by atoms with van der Waals surface area (Å²) in [7, 11) is 2.13. The summed E-state index contributed by atoms with van der Waals surface area (Å²) in [4.78, 5) is 0. The van der Waals surface area contributed by atoms with E-state index in [1.54, 1.807) is 0 Å². The van der Waals surface area contributed by atoms with Crippen molar-refractivity contribution in [1.29, 1.82) is 0 Å². The summed E-state index contributed by atoms with van der Waals surface area (Å²) in [6.07, 6.45) is 0. The van der Waals surface area contributed by atoms with Crippen LogP contribution in [0.3, 0.4) is 0 Å². The molecule has 0 fully saturated rings. The molecule has 1 aromatic heterocycles. The minimum atomic E-state index is 0.959. The van der Waals surface area contributed by atoms with Crippen LogP contribution in [0.15, 0.2) is 132 Å². The molecular weight excluding hydrogens is 462 g/mol. The summed E-state index contributed by atoms with van der Waals surface area (Å²) >= 11 is 0. The largest absolute Gasteiger partial charge is 0.344 e. The van der Waals surface area contributed by atoms with E-state index >= 15 is 0 Å². The van der Waals surface area contributed by atoms with Gasteiger partial charge in [0, 0.05) is 28.9 Å². The standard InChI is InChI=1S/C35H27N3/c1-24(27-17-20-35-33(23-27)32-13-7-8-14-34(32)37(35)2)36-38(30-18-15-25-9-3-5-11-28(25)21-30)31-19-16-26-10-4-6-12-29(26)22-31/h3-23H,1-2H3/b36-24+. The Balaban J connectivity index is 1.39. The van der Waals surface area contributed by atoms with Crippen LogP contribution in [-0.2, 0) is 7.05 Å². The highest BCUT2D eigenvalue weighted by Crippen LogP contribution is 2.33. The normalized spacial score (nSPS) is 12.1. The number of anilines is 2. The van der Waals surface area contributed by atoms with Crippen molar-refractivity contribution < 1.29 is 0 Å². The lowest BCUT2D eigenvalue weighted by Crippen LogP contribution is -2.12. The van der Waals surface area contributed by atoms with E-state index in [1.807, 2.05) is 0 Å². The molecule has 0 saturated carbocycles. The summed E-state index contributed by atoms with van der Waals surface area (Å²) in [5, 5.41) is 14.7. The highest BCUT2D eigenvalue weighted by Gasteiger charge is 2.13. The van der Waals surface area contributed by atoms with Gasteiger partial charge < -0.3 is 4.57 Å². The number of para-hydroxylation sites is 1. The van der Waals surface area contributed by atoms with Crippen molar-refractivity contribution >= 4 is 60.4 Å². The molecule has 3 heteroatoms. The van der Waals surface area contributed by atoms with Crippen molar-refractivity contribution in [2.45, 2.75) is 6.92 Å². The van der Waals surface area contributed by atoms with Gasteiger partial charge in [-0.1, -0.05) is 84.9 Å². The third kappa shape index (κ3) is 3.72. The van der Waals surface area contributed by atoms with Gasteiger partial charge in [-0.05, 0) is 76.5 Å². The monoisotopic (exact) mass is 489 g/mol. The maximum absolute atomic E-state index is 5.24. The second kappa shape index (κ2) is 8.89. The zero-order valence-corrected chi connectivity index (χ0v) is 21.5. The van der Waals surface area contributed by atoms with E-state index in [0.717, 1.165) is 22.6 Å². The summed E-state index contributed by atoms with van der Waals surface area (Å²) in [6, 6.07) is 45.3. The molecule has 0 aliphatic rings. The average molecular weight is 490 g/mol. The zero-order chi connectivity index (χ0) is 25.6. The van der Waals surface area contributed by atoms with Crippen LogP contribution in [0.2, 0.25) is 0 Å². The molecular formula is C35H27N3. The number of aromatic nitrogens is 1. The smallest absolute Gasteiger partial charge is 0.0659 e. The summed E-state index contributed by atoms with van der Waals surface area (Å²) in [5.74, 6) is 0. The van der Waals surface area contributed by atoms with E-state index in [-0.39, 0.29) is 0 Å². The van der Waals surface area contributed by atoms with Crippen molar-refractivity contribution in [3.8, 4) is 0 Å². The van der Waals surface area contributed by atoms with Gasteiger partial charge in [0.1, 0.15) is 0 Å². The number of fused-ring (bicyclic) bond motifs is 5. The first-order valence-electron chi connectivity index (χ1n) is 13.0. The van der Waals surface area contributed by atoms with E-state index in [4.69, 9.17) is 5.10 Å². The van der Waals surface area contributed by atoms with Crippen molar-refractivity contribution in [2.24, 2.45) is 12.1 Å². The van der Waals surface area contributed by atoms with Crippen molar-refractivity contribution in [3.05, 3.63) is 133 Å².